The number of likely N-dealkylation sites (tertiary alicyclic amines) is 1. The van der Waals surface area contributed by atoms with Crippen molar-refractivity contribution in [3.63, 3.8) is 0 Å². The lowest BCUT2D eigenvalue weighted by atomic mass is 10.1. The summed E-state index contributed by atoms with van der Waals surface area (Å²) < 4.78 is 5.73. The number of guanidine groups is 1. The summed E-state index contributed by atoms with van der Waals surface area (Å²) in [5, 5.41) is 7.95. The lowest BCUT2D eigenvalue weighted by molar-refractivity contribution is 0.146. The molecule has 2 N–H and O–H groups in total. The van der Waals surface area contributed by atoms with Crippen LogP contribution < -0.4 is 10.6 Å². The van der Waals surface area contributed by atoms with Gasteiger partial charge in [0.1, 0.15) is 5.76 Å². The second-order valence-corrected chi connectivity index (χ2v) is 8.23. The first kappa shape index (κ1) is 18.6. The van der Waals surface area contributed by atoms with Crippen LogP contribution in [0.15, 0.2) is 27.8 Å². The lowest BCUT2D eigenvalue weighted by Gasteiger charge is -2.34. The largest absolute Gasteiger partial charge is 0.468 e. The van der Waals surface area contributed by atoms with Crippen molar-refractivity contribution in [2.24, 2.45) is 4.99 Å². The van der Waals surface area contributed by atoms with Crippen molar-refractivity contribution in [2.45, 2.75) is 55.9 Å². The average molecular weight is 365 g/mol. The molecule has 0 bridgehead atoms. The number of aliphatic imine (C=N–C) groups is 1. The first-order valence-electron chi connectivity index (χ1n) is 9.57. The monoisotopic (exact) mass is 364 g/mol. The van der Waals surface area contributed by atoms with Gasteiger partial charge in [0, 0.05) is 24.9 Å². The molecule has 3 unspecified atom stereocenters. The van der Waals surface area contributed by atoms with E-state index in [0.717, 1.165) is 36.6 Å². The number of furan rings is 1. The average Bonchev–Trinajstić information content (AvgIpc) is 3.33. The summed E-state index contributed by atoms with van der Waals surface area (Å²) in [7, 11) is 1.86. The zero-order valence-electron chi connectivity index (χ0n) is 15.5. The smallest absolute Gasteiger partial charge is 0.191 e. The van der Waals surface area contributed by atoms with Crippen LogP contribution in [0.1, 0.15) is 50.3 Å². The molecular weight excluding hydrogens is 332 g/mol. The van der Waals surface area contributed by atoms with Gasteiger partial charge >= 0.3 is 0 Å². The Morgan fingerprint density at radius 2 is 2.20 bits per heavy atom. The van der Waals surface area contributed by atoms with Crippen molar-refractivity contribution in [2.75, 3.05) is 32.9 Å². The Balaban J connectivity index is 1.56. The predicted molar refractivity (Wildman–Crippen MR) is 106 cm³/mol. The summed E-state index contributed by atoms with van der Waals surface area (Å²) in [6.45, 7) is 3.13. The van der Waals surface area contributed by atoms with Crippen LogP contribution in [0.25, 0.3) is 0 Å². The van der Waals surface area contributed by atoms with E-state index < -0.39 is 0 Å². The number of nitrogens with one attached hydrogen (secondary N) is 2. The molecule has 1 aromatic heterocycles. The van der Waals surface area contributed by atoms with Gasteiger partial charge < -0.3 is 15.1 Å². The summed E-state index contributed by atoms with van der Waals surface area (Å²) in [6.07, 6.45) is 11.7. The van der Waals surface area contributed by atoms with Gasteiger partial charge in [-0.2, -0.15) is 11.8 Å². The van der Waals surface area contributed by atoms with Crippen molar-refractivity contribution in [3.05, 3.63) is 24.2 Å². The van der Waals surface area contributed by atoms with E-state index in [-0.39, 0.29) is 6.04 Å². The highest BCUT2D eigenvalue weighted by Crippen LogP contribution is 2.28. The molecule has 2 heterocycles. The van der Waals surface area contributed by atoms with E-state index in [0.29, 0.717) is 6.04 Å². The molecule has 6 heteroatoms. The van der Waals surface area contributed by atoms with Crippen LogP contribution in [0.3, 0.4) is 0 Å². The maximum Gasteiger partial charge on any atom is 0.191 e. The molecule has 2 fully saturated rings. The first-order chi connectivity index (χ1) is 12.3. The van der Waals surface area contributed by atoms with E-state index in [2.05, 4.69) is 32.8 Å². The summed E-state index contributed by atoms with van der Waals surface area (Å²) in [4.78, 5) is 6.98. The topological polar surface area (TPSA) is 52.8 Å². The number of piperidine rings is 1. The highest BCUT2D eigenvalue weighted by Gasteiger charge is 2.27. The Hall–Kier alpha value is -1.14. The van der Waals surface area contributed by atoms with Gasteiger partial charge in [-0.3, -0.25) is 9.89 Å². The molecule has 0 spiro atoms. The highest BCUT2D eigenvalue weighted by molar-refractivity contribution is 7.99. The van der Waals surface area contributed by atoms with Crippen LogP contribution in [0.2, 0.25) is 0 Å². The lowest BCUT2D eigenvalue weighted by Crippen LogP contribution is -2.46. The number of hydrogen-bond acceptors (Lipinski definition) is 4. The normalized spacial score (nSPS) is 26.6. The summed E-state index contributed by atoms with van der Waals surface area (Å²) in [6, 6.07) is 4.90. The van der Waals surface area contributed by atoms with Crippen LogP contribution in [0.5, 0.6) is 0 Å². The molecule has 1 aliphatic carbocycles. The standard InChI is InChI=1S/C19H32N4OS/c1-20-19(22-15-8-9-16(13-15)25-2)21-14-17(18-7-6-12-24-18)23-10-4-3-5-11-23/h6-7,12,15-17H,3-5,8-11,13-14H2,1-2H3,(H2,20,21,22). The SMILES string of the molecule is CN=C(NCC(c1ccco1)N1CCCCC1)NC1CCC(SC)C1. The van der Waals surface area contributed by atoms with E-state index in [1.54, 1.807) is 6.26 Å². The fourth-order valence-corrected chi connectivity index (χ4v) is 4.78. The van der Waals surface area contributed by atoms with Crippen molar-refractivity contribution < 1.29 is 4.42 Å². The number of nitrogens with zero attached hydrogens (tertiary/aromatic N) is 2. The Morgan fingerprint density at radius 1 is 1.36 bits per heavy atom. The molecule has 2 aliphatic rings. The van der Waals surface area contributed by atoms with E-state index >= 15 is 0 Å². The van der Waals surface area contributed by atoms with Crippen LogP contribution in [0, 0.1) is 0 Å². The minimum absolute atomic E-state index is 0.274. The van der Waals surface area contributed by atoms with E-state index in [1.807, 2.05) is 24.9 Å². The zero-order valence-corrected chi connectivity index (χ0v) is 16.4. The molecule has 0 radical (unpaired) electrons. The third kappa shape index (κ3) is 5.17. The van der Waals surface area contributed by atoms with Crippen molar-refractivity contribution in [3.8, 4) is 0 Å². The van der Waals surface area contributed by atoms with Crippen molar-refractivity contribution >= 4 is 17.7 Å². The van der Waals surface area contributed by atoms with Gasteiger partial charge in [0.25, 0.3) is 0 Å². The minimum Gasteiger partial charge on any atom is -0.468 e. The molecule has 3 rings (SSSR count). The minimum atomic E-state index is 0.274. The van der Waals surface area contributed by atoms with Crippen LogP contribution in [0.4, 0.5) is 0 Å². The third-order valence-corrected chi connectivity index (χ3v) is 6.54. The van der Waals surface area contributed by atoms with E-state index in [4.69, 9.17) is 4.42 Å². The predicted octanol–water partition coefficient (Wildman–Crippen LogP) is 3.26. The molecule has 3 atom stereocenters. The second kappa shape index (κ2) is 9.53. The van der Waals surface area contributed by atoms with Crippen LogP contribution in [-0.4, -0.2) is 55.1 Å². The maximum absolute atomic E-state index is 5.73. The van der Waals surface area contributed by atoms with Gasteiger partial charge in [-0.15, -0.1) is 0 Å². The molecule has 1 aliphatic heterocycles. The maximum atomic E-state index is 5.73. The van der Waals surface area contributed by atoms with Gasteiger partial charge in [-0.1, -0.05) is 6.42 Å². The molecule has 25 heavy (non-hydrogen) atoms. The van der Waals surface area contributed by atoms with E-state index in [9.17, 15) is 0 Å². The Kier molecular flexibility index (Phi) is 7.11. The van der Waals surface area contributed by atoms with Gasteiger partial charge in [0.15, 0.2) is 5.96 Å². The van der Waals surface area contributed by atoms with E-state index in [1.165, 1.54) is 38.5 Å². The number of rotatable bonds is 6. The fraction of sp³-hybridized carbons (Fsp3) is 0.737. The summed E-state index contributed by atoms with van der Waals surface area (Å²) >= 11 is 1.99. The first-order valence-corrected chi connectivity index (χ1v) is 10.9. The molecule has 1 saturated carbocycles. The molecular formula is C19H32N4OS. The molecule has 0 aromatic carbocycles. The number of thioether (sulfide) groups is 1. The van der Waals surface area contributed by atoms with Gasteiger partial charge in [-0.25, -0.2) is 0 Å². The molecule has 1 saturated heterocycles. The van der Waals surface area contributed by atoms with Gasteiger partial charge in [-0.05, 0) is 63.6 Å². The fourth-order valence-electron chi connectivity index (χ4n) is 3.99. The van der Waals surface area contributed by atoms with Crippen molar-refractivity contribution in [1.29, 1.82) is 0 Å². The van der Waals surface area contributed by atoms with Crippen LogP contribution in [-0.2, 0) is 0 Å². The Bertz CT molecular complexity index is 528. The van der Waals surface area contributed by atoms with Gasteiger partial charge in [0.05, 0.1) is 12.3 Å². The molecule has 1 aromatic rings. The molecule has 140 valence electrons. The molecule has 0 amide bonds. The second-order valence-electron chi connectivity index (χ2n) is 7.09. The highest BCUT2D eigenvalue weighted by atomic mass is 32.2. The van der Waals surface area contributed by atoms with Crippen molar-refractivity contribution in [1.82, 2.24) is 15.5 Å². The summed E-state index contributed by atoms with van der Waals surface area (Å²) in [5.41, 5.74) is 0. The van der Waals surface area contributed by atoms with Crippen LogP contribution >= 0.6 is 11.8 Å². The Labute approximate surface area is 156 Å². The molecule has 5 nitrogen and oxygen atoms in total. The number of hydrogen-bond donors (Lipinski definition) is 2. The summed E-state index contributed by atoms with van der Waals surface area (Å²) in [5.74, 6) is 1.97. The quantitative estimate of drug-likeness (QED) is 0.599. The van der Waals surface area contributed by atoms with Gasteiger partial charge in [0.2, 0.25) is 0 Å². The Morgan fingerprint density at radius 3 is 2.84 bits per heavy atom. The zero-order chi connectivity index (χ0) is 17.5. The third-order valence-electron chi connectivity index (χ3n) is 5.45.